The number of aryl methyl sites for hydroxylation is 1. The second-order valence-corrected chi connectivity index (χ2v) is 6.16. The van der Waals surface area contributed by atoms with Crippen molar-refractivity contribution in [1.29, 1.82) is 0 Å². The zero-order valence-corrected chi connectivity index (χ0v) is 13.9. The van der Waals surface area contributed by atoms with Gasteiger partial charge >= 0.3 is 0 Å². The highest BCUT2D eigenvalue weighted by atomic mass is 16.5. The summed E-state index contributed by atoms with van der Waals surface area (Å²) >= 11 is 0. The highest BCUT2D eigenvalue weighted by molar-refractivity contribution is 5.78. The Morgan fingerprint density at radius 2 is 1.87 bits per heavy atom. The van der Waals surface area contributed by atoms with E-state index < -0.39 is 0 Å². The fraction of sp³-hybridized carbons (Fsp3) is 0.800. The van der Waals surface area contributed by atoms with Crippen LogP contribution in [0.3, 0.4) is 0 Å². The van der Waals surface area contributed by atoms with Crippen LogP contribution in [0.2, 0.25) is 0 Å². The monoisotopic (exact) mass is 323 g/mol. The number of nitrogens with zero attached hydrogens (tertiary/aromatic N) is 5. The Morgan fingerprint density at radius 1 is 1.17 bits per heavy atom. The molecule has 0 bridgehead atoms. The molecule has 3 heterocycles. The molecule has 0 aromatic carbocycles. The number of hydrogen-bond acceptors (Lipinski definition) is 7. The molecular formula is C15H25N5O3. The SMILES string of the molecule is Cc1noc([C@@H](C)N2CCN(CC(=O)N3CCOCC3)CC2)n1. The Bertz CT molecular complexity index is 521. The summed E-state index contributed by atoms with van der Waals surface area (Å²) in [7, 11) is 0. The van der Waals surface area contributed by atoms with Gasteiger partial charge in [-0.1, -0.05) is 5.16 Å². The quantitative estimate of drug-likeness (QED) is 0.767. The van der Waals surface area contributed by atoms with Gasteiger partial charge in [-0.25, -0.2) is 0 Å². The van der Waals surface area contributed by atoms with Crippen molar-refractivity contribution < 1.29 is 14.1 Å². The lowest BCUT2D eigenvalue weighted by molar-refractivity contribution is -0.137. The lowest BCUT2D eigenvalue weighted by Gasteiger charge is -2.37. The van der Waals surface area contributed by atoms with E-state index in [1.54, 1.807) is 0 Å². The van der Waals surface area contributed by atoms with Crippen LogP contribution in [0.4, 0.5) is 0 Å². The predicted octanol–water partition coefficient (Wildman–Crippen LogP) is -0.0846. The maximum absolute atomic E-state index is 12.3. The molecule has 0 saturated carbocycles. The van der Waals surface area contributed by atoms with Crippen molar-refractivity contribution in [2.45, 2.75) is 19.9 Å². The largest absolute Gasteiger partial charge is 0.378 e. The van der Waals surface area contributed by atoms with E-state index in [-0.39, 0.29) is 11.9 Å². The Morgan fingerprint density at radius 3 is 2.48 bits per heavy atom. The van der Waals surface area contributed by atoms with Crippen molar-refractivity contribution in [3.63, 3.8) is 0 Å². The standard InChI is InChI=1S/C15H25N5O3/c1-12(15-16-13(2)17-23-15)19-5-3-18(4-6-19)11-14(21)20-7-9-22-10-8-20/h12H,3-11H2,1-2H3/t12-/m1/s1. The van der Waals surface area contributed by atoms with Gasteiger partial charge in [0, 0.05) is 39.3 Å². The second-order valence-electron chi connectivity index (χ2n) is 6.16. The maximum Gasteiger partial charge on any atom is 0.243 e. The number of carbonyl (C=O) groups excluding carboxylic acids is 1. The molecule has 1 aromatic heterocycles. The van der Waals surface area contributed by atoms with Crippen molar-refractivity contribution in [3.8, 4) is 0 Å². The first-order chi connectivity index (χ1) is 11.1. The van der Waals surface area contributed by atoms with Crippen LogP contribution >= 0.6 is 0 Å². The average molecular weight is 323 g/mol. The number of piperazine rings is 1. The molecule has 0 radical (unpaired) electrons. The Kier molecular flexibility index (Phi) is 5.24. The summed E-state index contributed by atoms with van der Waals surface area (Å²) in [6, 6.07) is 0.119. The number of hydrogen-bond donors (Lipinski definition) is 0. The normalized spacial score (nSPS) is 22.3. The van der Waals surface area contributed by atoms with Crippen LogP contribution in [0.25, 0.3) is 0 Å². The topological polar surface area (TPSA) is 74.9 Å². The number of aromatic nitrogens is 2. The highest BCUT2D eigenvalue weighted by Gasteiger charge is 2.27. The zero-order valence-electron chi connectivity index (χ0n) is 13.9. The fourth-order valence-corrected chi connectivity index (χ4v) is 3.05. The van der Waals surface area contributed by atoms with Gasteiger partial charge in [-0.15, -0.1) is 0 Å². The molecule has 1 atom stereocenters. The van der Waals surface area contributed by atoms with Gasteiger partial charge < -0.3 is 14.2 Å². The highest BCUT2D eigenvalue weighted by Crippen LogP contribution is 2.20. The van der Waals surface area contributed by atoms with Crippen molar-refractivity contribution in [2.75, 3.05) is 59.0 Å². The summed E-state index contributed by atoms with van der Waals surface area (Å²) in [6.45, 7) is 10.7. The van der Waals surface area contributed by atoms with Crippen LogP contribution in [-0.2, 0) is 9.53 Å². The Labute approximate surface area is 136 Å². The fourth-order valence-electron chi connectivity index (χ4n) is 3.05. The number of ether oxygens (including phenoxy) is 1. The van der Waals surface area contributed by atoms with E-state index in [1.807, 2.05) is 11.8 Å². The molecule has 2 fully saturated rings. The van der Waals surface area contributed by atoms with E-state index in [0.717, 1.165) is 26.2 Å². The summed E-state index contributed by atoms with van der Waals surface area (Å²) in [5.41, 5.74) is 0. The van der Waals surface area contributed by atoms with Crippen LogP contribution in [0, 0.1) is 6.92 Å². The van der Waals surface area contributed by atoms with Gasteiger partial charge in [-0.2, -0.15) is 4.98 Å². The van der Waals surface area contributed by atoms with Crippen molar-refractivity contribution in [1.82, 2.24) is 24.8 Å². The molecule has 128 valence electrons. The van der Waals surface area contributed by atoms with E-state index >= 15 is 0 Å². The molecule has 8 heteroatoms. The Balaban J connectivity index is 1.45. The molecule has 0 unspecified atom stereocenters. The minimum atomic E-state index is 0.119. The number of morpholine rings is 1. The van der Waals surface area contributed by atoms with Gasteiger partial charge in [0.25, 0.3) is 0 Å². The molecule has 2 aliphatic rings. The second kappa shape index (κ2) is 7.37. The van der Waals surface area contributed by atoms with Crippen LogP contribution < -0.4 is 0 Å². The first kappa shape index (κ1) is 16.4. The third kappa shape index (κ3) is 4.07. The smallest absolute Gasteiger partial charge is 0.243 e. The van der Waals surface area contributed by atoms with Gasteiger partial charge in [0.1, 0.15) is 0 Å². The van der Waals surface area contributed by atoms with E-state index in [2.05, 4.69) is 26.9 Å². The summed E-state index contributed by atoms with van der Waals surface area (Å²) in [5.74, 6) is 1.55. The van der Waals surface area contributed by atoms with E-state index in [0.29, 0.717) is 44.6 Å². The van der Waals surface area contributed by atoms with Crippen LogP contribution in [0.1, 0.15) is 24.7 Å². The maximum atomic E-state index is 12.3. The summed E-state index contributed by atoms with van der Waals surface area (Å²) in [5, 5.41) is 3.86. The number of carbonyl (C=O) groups is 1. The predicted molar refractivity (Wildman–Crippen MR) is 82.9 cm³/mol. The average Bonchev–Trinajstić information content (AvgIpc) is 3.02. The molecule has 0 spiro atoms. The number of rotatable bonds is 4. The van der Waals surface area contributed by atoms with E-state index in [9.17, 15) is 4.79 Å². The third-order valence-electron chi connectivity index (χ3n) is 4.58. The molecule has 8 nitrogen and oxygen atoms in total. The summed E-state index contributed by atoms with van der Waals surface area (Å²) in [6.07, 6.45) is 0. The molecule has 1 amide bonds. The van der Waals surface area contributed by atoms with Crippen LogP contribution in [-0.4, -0.2) is 89.8 Å². The van der Waals surface area contributed by atoms with Crippen LogP contribution in [0.5, 0.6) is 0 Å². The molecule has 2 aliphatic heterocycles. The first-order valence-corrected chi connectivity index (χ1v) is 8.25. The first-order valence-electron chi connectivity index (χ1n) is 8.25. The molecular weight excluding hydrogens is 298 g/mol. The molecule has 1 aromatic rings. The lowest BCUT2D eigenvalue weighted by Crippen LogP contribution is -2.51. The zero-order chi connectivity index (χ0) is 16.2. The van der Waals surface area contributed by atoms with E-state index in [4.69, 9.17) is 9.26 Å². The van der Waals surface area contributed by atoms with Gasteiger partial charge in [-0.3, -0.25) is 14.6 Å². The van der Waals surface area contributed by atoms with Gasteiger partial charge in [0.15, 0.2) is 5.82 Å². The molecule has 2 saturated heterocycles. The number of amides is 1. The van der Waals surface area contributed by atoms with Crippen molar-refractivity contribution in [3.05, 3.63) is 11.7 Å². The summed E-state index contributed by atoms with van der Waals surface area (Å²) in [4.78, 5) is 23.0. The minimum Gasteiger partial charge on any atom is -0.378 e. The third-order valence-corrected chi connectivity index (χ3v) is 4.58. The summed E-state index contributed by atoms with van der Waals surface area (Å²) < 4.78 is 10.6. The lowest BCUT2D eigenvalue weighted by atomic mass is 10.2. The van der Waals surface area contributed by atoms with Crippen molar-refractivity contribution in [2.24, 2.45) is 0 Å². The van der Waals surface area contributed by atoms with Gasteiger partial charge in [0.2, 0.25) is 11.8 Å². The van der Waals surface area contributed by atoms with Crippen LogP contribution in [0.15, 0.2) is 4.52 Å². The molecule has 0 aliphatic carbocycles. The molecule has 3 rings (SSSR count). The molecule has 0 N–H and O–H groups in total. The Hall–Kier alpha value is -1.51. The molecule has 23 heavy (non-hydrogen) atoms. The van der Waals surface area contributed by atoms with Gasteiger partial charge in [-0.05, 0) is 13.8 Å². The van der Waals surface area contributed by atoms with Crippen molar-refractivity contribution >= 4 is 5.91 Å². The minimum absolute atomic E-state index is 0.119. The van der Waals surface area contributed by atoms with Gasteiger partial charge in [0.05, 0.1) is 25.8 Å². The van der Waals surface area contributed by atoms with E-state index in [1.165, 1.54) is 0 Å².